The van der Waals surface area contributed by atoms with Crippen molar-refractivity contribution >= 4 is 11.7 Å². The summed E-state index contributed by atoms with van der Waals surface area (Å²) in [6, 6.07) is 5.56. The van der Waals surface area contributed by atoms with E-state index in [2.05, 4.69) is 26.2 Å². The lowest BCUT2D eigenvalue weighted by Gasteiger charge is -2.15. The van der Waals surface area contributed by atoms with Gasteiger partial charge in [-0.2, -0.15) is 5.26 Å². The highest BCUT2D eigenvalue weighted by molar-refractivity contribution is 5.89. The Morgan fingerprint density at radius 1 is 1.44 bits per heavy atom. The molecule has 0 saturated carbocycles. The average molecular weight is 345 g/mol. The molecule has 9 heteroatoms. The first-order valence-corrected chi connectivity index (χ1v) is 7.98. The van der Waals surface area contributed by atoms with Crippen LogP contribution in [0, 0.1) is 17.1 Å². The summed E-state index contributed by atoms with van der Waals surface area (Å²) in [5.74, 6) is -0.220. The van der Waals surface area contributed by atoms with Gasteiger partial charge in [0.15, 0.2) is 5.82 Å². The van der Waals surface area contributed by atoms with Gasteiger partial charge in [0.25, 0.3) is 0 Å². The average Bonchev–Trinajstić information content (AvgIpc) is 3.04. The largest absolute Gasteiger partial charge is 0.334 e. The van der Waals surface area contributed by atoms with Crippen LogP contribution < -0.4 is 10.6 Å². The third-order valence-electron chi connectivity index (χ3n) is 3.62. The van der Waals surface area contributed by atoms with Crippen LogP contribution >= 0.6 is 0 Å². The number of carbonyl (C=O) groups is 1. The fraction of sp³-hybridized carbons (Fsp3) is 0.438. The van der Waals surface area contributed by atoms with Crippen LogP contribution in [0.5, 0.6) is 0 Å². The quantitative estimate of drug-likeness (QED) is 0.837. The van der Waals surface area contributed by atoms with E-state index < -0.39 is 11.8 Å². The number of hydrogen-bond donors (Lipinski definition) is 2. The number of hydrogen-bond acceptors (Lipinski definition) is 5. The van der Waals surface area contributed by atoms with Gasteiger partial charge in [-0.05, 0) is 48.9 Å². The Morgan fingerprint density at radius 2 is 2.20 bits per heavy atom. The molecule has 0 aliphatic heterocycles. The van der Waals surface area contributed by atoms with Crippen molar-refractivity contribution in [3.8, 4) is 17.5 Å². The second-order valence-corrected chi connectivity index (χ2v) is 5.80. The molecule has 2 aromatic rings. The van der Waals surface area contributed by atoms with Crippen LogP contribution in [0.25, 0.3) is 11.4 Å². The van der Waals surface area contributed by atoms with Gasteiger partial charge < -0.3 is 10.6 Å². The summed E-state index contributed by atoms with van der Waals surface area (Å²) in [6.45, 7) is 5.66. The van der Waals surface area contributed by atoms with Gasteiger partial charge in [0.05, 0.1) is 24.1 Å². The van der Waals surface area contributed by atoms with E-state index in [-0.39, 0.29) is 24.1 Å². The molecular weight excluding hydrogens is 325 g/mol. The smallest absolute Gasteiger partial charge is 0.319 e. The molecule has 0 fully saturated rings. The van der Waals surface area contributed by atoms with Crippen LogP contribution in [0.15, 0.2) is 18.2 Å². The number of anilines is 1. The van der Waals surface area contributed by atoms with Crippen molar-refractivity contribution < 1.29 is 9.18 Å². The second kappa shape index (κ2) is 8.19. The van der Waals surface area contributed by atoms with Gasteiger partial charge in [-0.3, -0.25) is 0 Å². The van der Waals surface area contributed by atoms with E-state index in [1.165, 1.54) is 16.8 Å². The molecule has 1 atom stereocenters. The number of nitrogens with zero attached hydrogens (tertiary/aromatic N) is 5. The van der Waals surface area contributed by atoms with Crippen molar-refractivity contribution in [1.82, 2.24) is 25.5 Å². The molecule has 2 amide bonds. The van der Waals surface area contributed by atoms with E-state index in [9.17, 15) is 9.18 Å². The van der Waals surface area contributed by atoms with E-state index in [1.807, 2.05) is 26.8 Å². The minimum atomic E-state index is -0.543. The normalized spacial score (nSPS) is 11.8. The number of nitriles is 1. The zero-order valence-corrected chi connectivity index (χ0v) is 14.3. The molecule has 1 unspecified atom stereocenters. The first-order chi connectivity index (χ1) is 12.0. The van der Waals surface area contributed by atoms with E-state index >= 15 is 0 Å². The van der Waals surface area contributed by atoms with Crippen molar-refractivity contribution in [3.05, 3.63) is 24.0 Å². The van der Waals surface area contributed by atoms with Crippen LogP contribution in [0.3, 0.4) is 0 Å². The number of benzene rings is 1. The van der Waals surface area contributed by atoms with Gasteiger partial charge in [-0.1, -0.05) is 6.92 Å². The molecule has 0 bridgehead atoms. The van der Waals surface area contributed by atoms with Gasteiger partial charge in [0.2, 0.25) is 0 Å². The molecule has 1 heterocycles. The lowest BCUT2D eigenvalue weighted by atomic mass is 10.1. The van der Waals surface area contributed by atoms with Crippen LogP contribution in [0.2, 0.25) is 0 Å². The molecule has 2 N–H and O–H groups in total. The Bertz CT molecular complexity index is 781. The minimum Gasteiger partial charge on any atom is -0.334 e. The summed E-state index contributed by atoms with van der Waals surface area (Å²) >= 11 is 0. The number of amides is 2. The molecule has 8 nitrogen and oxygen atoms in total. The first kappa shape index (κ1) is 18.3. The number of halogens is 1. The molecule has 2 rings (SSSR count). The molecule has 0 radical (unpaired) electrons. The Kier molecular flexibility index (Phi) is 6.00. The Hall–Kier alpha value is -3.02. The van der Waals surface area contributed by atoms with E-state index in [1.54, 1.807) is 6.07 Å². The summed E-state index contributed by atoms with van der Waals surface area (Å²) in [5, 5.41) is 25.2. The summed E-state index contributed by atoms with van der Waals surface area (Å²) in [7, 11) is 0. The number of aromatic nitrogens is 4. The molecule has 0 spiro atoms. The summed E-state index contributed by atoms with van der Waals surface area (Å²) < 4.78 is 16.0. The highest BCUT2D eigenvalue weighted by Gasteiger charge is 2.16. The maximum Gasteiger partial charge on any atom is 0.319 e. The van der Waals surface area contributed by atoms with Crippen LogP contribution in [0.4, 0.5) is 14.9 Å². The van der Waals surface area contributed by atoms with Crippen LogP contribution in [0.1, 0.15) is 39.7 Å². The zero-order valence-electron chi connectivity index (χ0n) is 14.3. The molecule has 132 valence electrons. The topological polar surface area (TPSA) is 109 Å². The Morgan fingerprint density at radius 3 is 2.80 bits per heavy atom. The van der Waals surface area contributed by atoms with Crippen molar-refractivity contribution in [2.75, 3.05) is 5.32 Å². The molecule has 1 aromatic carbocycles. The zero-order chi connectivity index (χ0) is 18.4. The van der Waals surface area contributed by atoms with Crippen molar-refractivity contribution in [2.45, 2.75) is 45.7 Å². The van der Waals surface area contributed by atoms with Gasteiger partial charge >= 0.3 is 6.03 Å². The second-order valence-electron chi connectivity index (χ2n) is 5.80. The number of rotatable bonds is 6. The van der Waals surface area contributed by atoms with Gasteiger partial charge in [0.1, 0.15) is 5.82 Å². The van der Waals surface area contributed by atoms with Gasteiger partial charge in [0, 0.05) is 11.7 Å². The van der Waals surface area contributed by atoms with Crippen molar-refractivity contribution in [1.29, 1.82) is 5.26 Å². The highest BCUT2D eigenvalue weighted by Crippen LogP contribution is 2.24. The molecule has 25 heavy (non-hydrogen) atoms. The summed E-state index contributed by atoms with van der Waals surface area (Å²) in [4.78, 5) is 11.9. The Labute approximate surface area is 145 Å². The number of urea groups is 1. The monoisotopic (exact) mass is 345 g/mol. The number of tetrazole rings is 1. The molecular formula is C16H20FN7O. The molecule has 0 saturated heterocycles. The molecule has 0 aliphatic carbocycles. The predicted molar refractivity (Wildman–Crippen MR) is 90.1 cm³/mol. The lowest BCUT2D eigenvalue weighted by molar-refractivity contribution is 0.248. The number of carbonyl (C=O) groups excluding carboxylic acids is 1. The standard InChI is InChI=1S/C16H20FN7O/c1-4-11(7-8-18)19-16(25)20-12-5-6-13(14(17)9-12)15-21-22-23-24(15)10(2)3/h5-6,9-11H,4,7H2,1-3H3,(H2,19,20,25). The summed E-state index contributed by atoms with van der Waals surface area (Å²) in [6.07, 6.45) is 0.848. The van der Waals surface area contributed by atoms with Gasteiger partial charge in [-0.15, -0.1) is 5.10 Å². The Balaban J connectivity index is 2.13. The van der Waals surface area contributed by atoms with E-state index in [0.717, 1.165) is 0 Å². The van der Waals surface area contributed by atoms with Gasteiger partial charge in [-0.25, -0.2) is 13.9 Å². The summed E-state index contributed by atoms with van der Waals surface area (Å²) in [5.41, 5.74) is 0.551. The third-order valence-corrected chi connectivity index (χ3v) is 3.62. The van der Waals surface area contributed by atoms with E-state index in [0.29, 0.717) is 17.9 Å². The maximum atomic E-state index is 14.4. The molecule has 0 aliphatic rings. The fourth-order valence-corrected chi connectivity index (χ4v) is 2.25. The molecule has 1 aromatic heterocycles. The lowest BCUT2D eigenvalue weighted by Crippen LogP contribution is -2.37. The number of nitrogens with one attached hydrogen (secondary N) is 2. The highest BCUT2D eigenvalue weighted by atomic mass is 19.1. The third kappa shape index (κ3) is 4.50. The van der Waals surface area contributed by atoms with Crippen LogP contribution in [-0.2, 0) is 0 Å². The fourth-order valence-electron chi connectivity index (χ4n) is 2.25. The van der Waals surface area contributed by atoms with Crippen molar-refractivity contribution in [2.24, 2.45) is 0 Å². The van der Waals surface area contributed by atoms with E-state index in [4.69, 9.17) is 5.26 Å². The maximum absolute atomic E-state index is 14.4. The predicted octanol–water partition coefficient (Wildman–Crippen LogP) is 2.87. The minimum absolute atomic E-state index is 0.0147. The van der Waals surface area contributed by atoms with Crippen LogP contribution in [-0.4, -0.2) is 32.3 Å². The SMILES string of the molecule is CCC(CC#N)NC(=O)Nc1ccc(-c2nnnn2C(C)C)c(F)c1. The first-order valence-electron chi connectivity index (χ1n) is 7.98. The van der Waals surface area contributed by atoms with Crippen molar-refractivity contribution in [3.63, 3.8) is 0 Å².